The number of aryl methyl sites for hydroxylation is 2. The third kappa shape index (κ3) is 2.75. The molecule has 3 N–H and O–H groups in total. The summed E-state index contributed by atoms with van der Waals surface area (Å²) < 4.78 is 20.8. The van der Waals surface area contributed by atoms with Crippen molar-refractivity contribution in [3.8, 4) is 5.75 Å². The Bertz CT molecular complexity index is 669. The predicted molar refractivity (Wildman–Crippen MR) is 74.7 cm³/mol. The average molecular weight is 297 g/mol. The number of nitrogens with one attached hydrogen (secondary N) is 1. The molecule has 0 bridgehead atoms. The monoisotopic (exact) mass is 296 g/mol. The van der Waals surface area contributed by atoms with Gasteiger partial charge >= 0.3 is 0 Å². The van der Waals surface area contributed by atoms with Gasteiger partial charge in [0.1, 0.15) is 12.4 Å². The van der Waals surface area contributed by atoms with Gasteiger partial charge in [-0.25, -0.2) is 4.39 Å². The van der Waals surface area contributed by atoms with Gasteiger partial charge in [-0.3, -0.25) is 10.1 Å². The van der Waals surface area contributed by atoms with Crippen molar-refractivity contribution in [3.63, 3.8) is 0 Å². The van der Waals surface area contributed by atoms with Crippen LogP contribution in [0.15, 0.2) is 18.2 Å². The summed E-state index contributed by atoms with van der Waals surface area (Å²) in [5, 5.41) is 11.9. The third-order valence-electron chi connectivity index (χ3n) is 2.87. The van der Waals surface area contributed by atoms with Crippen molar-refractivity contribution >= 4 is 17.4 Å². The number of hydrogen-bond donors (Lipinski definition) is 2. The molecule has 2 aromatic rings. The zero-order chi connectivity index (χ0) is 14.9. The number of rotatable bonds is 4. The van der Waals surface area contributed by atoms with Gasteiger partial charge in [-0.05, 0) is 25.1 Å². The van der Waals surface area contributed by atoms with Crippen LogP contribution in [-0.2, 0) is 13.7 Å². The van der Waals surface area contributed by atoms with Crippen molar-refractivity contribution in [2.75, 3.05) is 0 Å². The van der Waals surface area contributed by atoms with Crippen molar-refractivity contribution in [1.82, 2.24) is 9.78 Å². The van der Waals surface area contributed by atoms with E-state index in [-0.39, 0.29) is 18.2 Å². The molecule has 20 heavy (non-hydrogen) atoms. The lowest BCUT2D eigenvalue weighted by Crippen LogP contribution is -2.11. The Morgan fingerprint density at radius 2 is 2.25 bits per heavy atom. The molecule has 5 nitrogen and oxygen atoms in total. The maximum atomic E-state index is 13.8. The first-order valence-electron chi connectivity index (χ1n) is 5.85. The van der Waals surface area contributed by atoms with Gasteiger partial charge in [0.15, 0.2) is 11.6 Å². The van der Waals surface area contributed by atoms with E-state index >= 15 is 0 Å². The zero-order valence-corrected chi connectivity index (χ0v) is 11.8. The molecule has 0 amide bonds. The van der Waals surface area contributed by atoms with Crippen LogP contribution in [0.25, 0.3) is 0 Å². The first kappa shape index (κ1) is 14.3. The summed E-state index contributed by atoms with van der Waals surface area (Å²) >= 11 is 6.09. The fraction of sp³-hybridized carbons (Fsp3) is 0.231. The summed E-state index contributed by atoms with van der Waals surface area (Å²) in [5.74, 6) is -0.696. The highest BCUT2D eigenvalue weighted by Gasteiger charge is 2.13. The Morgan fingerprint density at radius 3 is 2.75 bits per heavy atom. The van der Waals surface area contributed by atoms with E-state index in [0.717, 1.165) is 6.07 Å². The zero-order valence-electron chi connectivity index (χ0n) is 11.1. The molecule has 0 aliphatic carbocycles. The van der Waals surface area contributed by atoms with Crippen molar-refractivity contribution in [2.24, 2.45) is 12.8 Å². The first-order valence-corrected chi connectivity index (χ1v) is 6.22. The lowest BCUT2D eigenvalue weighted by atomic mass is 10.2. The van der Waals surface area contributed by atoms with Crippen LogP contribution in [0, 0.1) is 18.2 Å². The summed E-state index contributed by atoms with van der Waals surface area (Å²) in [4.78, 5) is 0. The number of nitrogens with two attached hydrogens (primary N) is 1. The number of benzene rings is 1. The molecule has 0 saturated heterocycles. The van der Waals surface area contributed by atoms with Crippen LogP contribution < -0.4 is 10.5 Å². The molecule has 0 radical (unpaired) electrons. The third-order valence-corrected chi connectivity index (χ3v) is 3.36. The smallest absolute Gasteiger partial charge is 0.165 e. The van der Waals surface area contributed by atoms with E-state index < -0.39 is 5.82 Å². The molecule has 0 atom stereocenters. The Morgan fingerprint density at radius 1 is 1.55 bits per heavy atom. The van der Waals surface area contributed by atoms with Crippen LogP contribution in [0.4, 0.5) is 4.39 Å². The fourth-order valence-corrected chi connectivity index (χ4v) is 1.98. The highest BCUT2D eigenvalue weighted by Crippen LogP contribution is 2.23. The standard InChI is InChI=1S/C13H14ClFN4O/c1-7-12(14)10(19(2)18-7)6-20-11-4-3-8(13(16)17)5-9(11)15/h3-5H,6H2,1-2H3,(H3,16,17). The van der Waals surface area contributed by atoms with Crippen LogP contribution in [0.2, 0.25) is 5.02 Å². The van der Waals surface area contributed by atoms with E-state index in [1.807, 2.05) is 0 Å². The molecule has 0 aliphatic heterocycles. The molecule has 0 aliphatic rings. The molecule has 0 spiro atoms. The number of nitrogen functional groups attached to an aromatic ring is 1. The molecule has 106 valence electrons. The minimum Gasteiger partial charge on any atom is -0.484 e. The van der Waals surface area contributed by atoms with Gasteiger partial charge in [0.25, 0.3) is 0 Å². The van der Waals surface area contributed by atoms with E-state index in [2.05, 4.69) is 5.10 Å². The highest BCUT2D eigenvalue weighted by molar-refractivity contribution is 6.31. The molecular formula is C13H14ClFN4O. The first-order chi connectivity index (χ1) is 9.40. The van der Waals surface area contributed by atoms with Crippen molar-refractivity contribution < 1.29 is 9.13 Å². The number of hydrogen-bond acceptors (Lipinski definition) is 3. The average Bonchev–Trinajstić information content (AvgIpc) is 2.62. The Hall–Kier alpha value is -2.08. The number of aromatic nitrogens is 2. The number of nitrogens with zero attached hydrogens (tertiary/aromatic N) is 2. The second-order valence-corrected chi connectivity index (χ2v) is 4.70. The van der Waals surface area contributed by atoms with Gasteiger partial charge in [-0.15, -0.1) is 0 Å². The van der Waals surface area contributed by atoms with Crippen LogP contribution in [0.3, 0.4) is 0 Å². The lowest BCUT2D eigenvalue weighted by Gasteiger charge is -2.09. The lowest BCUT2D eigenvalue weighted by molar-refractivity contribution is 0.280. The minimum absolute atomic E-state index is 0.0740. The topological polar surface area (TPSA) is 76.9 Å². The maximum Gasteiger partial charge on any atom is 0.165 e. The summed E-state index contributed by atoms with van der Waals surface area (Å²) in [6.07, 6.45) is 0. The molecule has 2 rings (SSSR count). The van der Waals surface area contributed by atoms with Crippen LogP contribution >= 0.6 is 11.6 Å². The molecule has 0 fully saturated rings. The van der Waals surface area contributed by atoms with Crippen molar-refractivity contribution in [2.45, 2.75) is 13.5 Å². The van der Waals surface area contributed by atoms with Gasteiger partial charge in [0.05, 0.1) is 16.4 Å². The molecular weight excluding hydrogens is 283 g/mol. The summed E-state index contributed by atoms with van der Waals surface area (Å²) in [5.41, 5.74) is 6.96. The van der Waals surface area contributed by atoms with Gasteiger partial charge in [0.2, 0.25) is 0 Å². The van der Waals surface area contributed by atoms with Crippen LogP contribution in [0.5, 0.6) is 5.75 Å². The predicted octanol–water partition coefficient (Wildman–Crippen LogP) is 2.38. The Balaban J connectivity index is 2.17. The summed E-state index contributed by atoms with van der Waals surface area (Å²) in [7, 11) is 1.74. The van der Waals surface area contributed by atoms with E-state index in [1.165, 1.54) is 12.1 Å². The highest BCUT2D eigenvalue weighted by atomic mass is 35.5. The van der Waals surface area contributed by atoms with Crippen LogP contribution in [-0.4, -0.2) is 15.6 Å². The van der Waals surface area contributed by atoms with E-state index in [1.54, 1.807) is 18.7 Å². The largest absolute Gasteiger partial charge is 0.484 e. The van der Waals surface area contributed by atoms with Gasteiger partial charge in [-0.1, -0.05) is 11.6 Å². The number of ether oxygens (including phenoxy) is 1. The van der Waals surface area contributed by atoms with Gasteiger partial charge in [-0.2, -0.15) is 5.10 Å². The van der Waals surface area contributed by atoms with Gasteiger partial charge < -0.3 is 10.5 Å². The molecule has 0 saturated carbocycles. The Labute approximate surface area is 120 Å². The normalized spacial score (nSPS) is 10.6. The van der Waals surface area contributed by atoms with E-state index in [4.69, 9.17) is 27.5 Å². The molecule has 0 unspecified atom stereocenters. The second-order valence-electron chi connectivity index (χ2n) is 4.32. The van der Waals surface area contributed by atoms with Crippen molar-refractivity contribution in [1.29, 1.82) is 5.41 Å². The summed E-state index contributed by atoms with van der Waals surface area (Å²) in [6, 6.07) is 4.12. The molecule has 7 heteroatoms. The quantitative estimate of drug-likeness (QED) is 0.672. The Kier molecular flexibility index (Phi) is 3.94. The molecule has 1 heterocycles. The fourth-order valence-electron chi connectivity index (χ4n) is 1.77. The number of halogens is 2. The molecule has 1 aromatic heterocycles. The second kappa shape index (κ2) is 5.50. The number of amidine groups is 1. The minimum atomic E-state index is -0.576. The summed E-state index contributed by atoms with van der Waals surface area (Å²) in [6.45, 7) is 1.89. The van der Waals surface area contributed by atoms with E-state index in [9.17, 15) is 4.39 Å². The van der Waals surface area contributed by atoms with Crippen LogP contribution in [0.1, 0.15) is 17.0 Å². The molecule has 1 aromatic carbocycles. The SMILES string of the molecule is Cc1nn(C)c(COc2ccc(C(=N)N)cc2F)c1Cl. The van der Waals surface area contributed by atoms with E-state index in [0.29, 0.717) is 22.0 Å². The maximum absolute atomic E-state index is 13.8. The van der Waals surface area contributed by atoms with Gasteiger partial charge in [0, 0.05) is 12.6 Å². The van der Waals surface area contributed by atoms with Crippen molar-refractivity contribution in [3.05, 3.63) is 46.0 Å².